The number of nitrogens with zero attached hydrogens (tertiary/aromatic N) is 1. The van der Waals surface area contributed by atoms with E-state index in [-0.39, 0.29) is 11.8 Å². The number of anilines is 1. The van der Waals surface area contributed by atoms with Gasteiger partial charge in [-0.25, -0.2) is 0 Å². The average molecular weight is 275 g/mol. The molecule has 0 radical (unpaired) electrons. The maximum atomic E-state index is 12.0. The van der Waals surface area contributed by atoms with E-state index in [0.717, 1.165) is 26.1 Å². The maximum absolute atomic E-state index is 12.0. The van der Waals surface area contributed by atoms with E-state index in [1.54, 1.807) is 24.3 Å². The van der Waals surface area contributed by atoms with Gasteiger partial charge < -0.3 is 15.5 Å². The summed E-state index contributed by atoms with van der Waals surface area (Å²) in [5.74, 6) is 0.365. The molecule has 0 bridgehead atoms. The Balaban J connectivity index is 1.84. The summed E-state index contributed by atoms with van der Waals surface area (Å²) in [5, 5.41) is 5.65. The molecule has 1 aromatic carbocycles. The number of likely N-dealkylation sites (tertiary alicyclic amines) is 1. The van der Waals surface area contributed by atoms with E-state index >= 15 is 0 Å². The Morgan fingerprint density at radius 2 is 2.00 bits per heavy atom. The van der Waals surface area contributed by atoms with Crippen molar-refractivity contribution in [3.63, 3.8) is 0 Å². The van der Waals surface area contributed by atoms with Crippen LogP contribution >= 0.6 is 0 Å². The second-order valence-electron chi connectivity index (χ2n) is 5.39. The van der Waals surface area contributed by atoms with Crippen LogP contribution in [0.15, 0.2) is 24.3 Å². The van der Waals surface area contributed by atoms with Crippen LogP contribution in [0.2, 0.25) is 0 Å². The summed E-state index contributed by atoms with van der Waals surface area (Å²) in [7, 11) is 2.10. The van der Waals surface area contributed by atoms with Gasteiger partial charge in [0.25, 0.3) is 5.91 Å². The minimum Gasteiger partial charge on any atom is -0.352 e. The minimum absolute atomic E-state index is 0.0612. The highest BCUT2D eigenvalue weighted by atomic mass is 16.2. The Morgan fingerprint density at radius 1 is 1.30 bits per heavy atom. The molecule has 1 heterocycles. The molecule has 2 amide bonds. The first kappa shape index (κ1) is 14.5. The number of carbonyl (C=O) groups excluding carboxylic acids is 2. The van der Waals surface area contributed by atoms with Gasteiger partial charge in [-0.15, -0.1) is 0 Å². The number of hydrogen-bond donors (Lipinski definition) is 2. The van der Waals surface area contributed by atoms with Gasteiger partial charge in [0, 0.05) is 31.3 Å². The normalized spacial score (nSPS) is 18.8. The third-order valence-electron chi connectivity index (χ3n) is 3.51. The van der Waals surface area contributed by atoms with E-state index < -0.39 is 0 Å². The summed E-state index contributed by atoms with van der Waals surface area (Å²) in [6, 6.07) is 6.92. The van der Waals surface area contributed by atoms with E-state index in [1.807, 2.05) is 0 Å². The molecule has 1 atom stereocenters. The van der Waals surface area contributed by atoms with Crippen molar-refractivity contribution in [3.05, 3.63) is 29.8 Å². The molecule has 1 unspecified atom stereocenters. The molecule has 20 heavy (non-hydrogen) atoms. The summed E-state index contributed by atoms with van der Waals surface area (Å²) in [6.45, 7) is 4.32. The van der Waals surface area contributed by atoms with Gasteiger partial charge in [0.05, 0.1) is 0 Å². The second kappa shape index (κ2) is 6.52. The van der Waals surface area contributed by atoms with Gasteiger partial charge in [-0.1, -0.05) is 0 Å². The first-order valence-electron chi connectivity index (χ1n) is 6.89. The smallest absolute Gasteiger partial charge is 0.251 e. The SMILES string of the molecule is CC(=O)Nc1ccc(C(=O)NCC2CCN(C)C2)cc1. The predicted octanol–water partition coefficient (Wildman–Crippen LogP) is 1.33. The summed E-state index contributed by atoms with van der Waals surface area (Å²) >= 11 is 0. The van der Waals surface area contributed by atoms with Crippen LogP contribution < -0.4 is 10.6 Å². The van der Waals surface area contributed by atoms with Crippen molar-refractivity contribution in [3.8, 4) is 0 Å². The number of nitrogens with one attached hydrogen (secondary N) is 2. The Kier molecular flexibility index (Phi) is 4.74. The van der Waals surface area contributed by atoms with Crippen molar-refractivity contribution in [2.45, 2.75) is 13.3 Å². The second-order valence-corrected chi connectivity index (χ2v) is 5.39. The number of rotatable bonds is 4. The Morgan fingerprint density at radius 3 is 2.55 bits per heavy atom. The summed E-state index contributed by atoms with van der Waals surface area (Å²) < 4.78 is 0. The van der Waals surface area contributed by atoms with E-state index in [4.69, 9.17) is 0 Å². The van der Waals surface area contributed by atoms with Gasteiger partial charge in [0.2, 0.25) is 5.91 Å². The summed E-state index contributed by atoms with van der Waals surface area (Å²) in [4.78, 5) is 25.2. The molecule has 1 aliphatic heterocycles. The maximum Gasteiger partial charge on any atom is 0.251 e. The van der Waals surface area contributed by atoms with Crippen LogP contribution in [0.5, 0.6) is 0 Å². The van der Waals surface area contributed by atoms with Crippen LogP contribution in [-0.4, -0.2) is 43.4 Å². The van der Waals surface area contributed by atoms with Crippen LogP contribution in [-0.2, 0) is 4.79 Å². The lowest BCUT2D eigenvalue weighted by Crippen LogP contribution is -2.30. The van der Waals surface area contributed by atoms with Crippen LogP contribution in [0, 0.1) is 5.92 Å². The van der Waals surface area contributed by atoms with Gasteiger partial charge in [0.15, 0.2) is 0 Å². The fourth-order valence-corrected chi connectivity index (χ4v) is 2.44. The molecule has 108 valence electrons. The first-order chi connectivity index (χ1) is 9.54. The van der Waals surface area contributed by atoms with Gasteiger partial charge in [-0.3, -0.25) is 9.59 Å². The zero-order chi connectivity index (χ0) is 14.5. The third kappa shape index (κ3) is 4.06. The lowest BCUT2D eigenvalue weighted by Gasteiger charge is -2.12. The Bertz CT molecular complexity index is 484. The van der Waals surface area contributed by atoms with E-state index in [0.29, 0.717) is 17.2 Å². The Labute approximate surface area is 119 Å². The molecule has 0 aromatic heterocycles. The van der Waals surface area contributed by atoms with Crippen molar-refractivity contribution >= 4 is 17.5 Å². The van der Waals surface area contributed by atoms with Crippen molar-refractivity contribution in [1.82, 2.24) is 10.2 Å². The van der Waals surface area contributed by atoms with Gasteiger partial charge in [-0.2, -0.15) is 0 Å². The number of benzene rings is 1. The molecule has 1 aromatic rings. The van der Waals surface area contributed by atoms with Crippen LogP contribution in [0.1, 0.15) is 23.7 Å². The standard InChI is InChI=1S/C15H21N3O2/c1-11(19)17-14-5-3-13(4-6-14)15(20)16-9-12-7-8-18(2)10-12/h3-6,12H,7-10H2,1-2H3,(H,16,20)(H,17,19). The van der Waals surface area contributed by atoms with Crippen molar-refractivity contribution < 1.29 is 9.59 Å². The highest BCUT2D eigenvalue weighted by Gasteiger charge is 2.19. The third-order valence-corrected chi connectivity index (χ3v) is 3.51. The molecule has 5 heteroatoms. The largest absolute Gasteiger partial charge is 0.352 e. The molecule has 2 N–H and O–H groups in total. The van der Waals surface area contributed by atoms with Crippen LogP contribution in [0.25, 0.3) is 0 Å². The van der Waals surface area contributed by atoms with E-state index in [1.165, 1.54) is 6.92 Å². The minimum atomic E-state index is -0.118. The molecular weight excluding hydrogens is 254 g/mol. The van der Waals surface area contributed by atoms with Gasteiger partial charge >= 0.3 is 0 Å². The zero-order valence-electron chi connectivity index (χ0n) is 12.0. The fraction of sp³-hybridized carbons (Fsp3) is 0.467. The fourth-order valence-electron chi connectivity index (χ4n) is 2.44. The van der Waals surface area contributed by atoms with Crippen LogP contribution in [0.4, 0.5) is 5.69 Å². The summed E-state index contributed by atoms with van der Waals surface area (Å²) in [5.41, 5.74) is 1.32. The molecule has 1 fully saturated rings. The predicted molar refractivity (Wildman–Crippen MR) is 78.7 cm³/mol. The Hall–Kier alpha value is -1.88. The molecular formula is C15H21N3O2. The lowest BCUT2D eigenvalue weighted by molar-refractivity contribution is -0.114. The highest BCUT2D eigenvalue weighted by Crippen LogP contribution is 2.13. The topological polar surface area (TPSA) is 61.4 Å². The molecule has 5 nitrogen and oxygen atoms in total. The number of carbonyl (C=O) groups is 2. The van der Waals surface area contributed by atoms with Gasteiger partial charge in [0.1, 0.15) is 0 Å². The lowest BCUT2D eigenvalue weighted by atomic mass is 10.1. The average Bonchev–Trinajstić information content (AvgIpc) is 2.82. The molecule has 0 spiro atoms. The number of amides is 2. The van der Waals surface area contributed by atoms with E-state index in [2.05, 4.69) is 22.6 Å². The number of hydrogen-bond acceptors (Lipinski definition) is 3. The van der Waals surface area contributed by atoms with Crippen molar-refractivity contribution in [2.75, 3.05) is 32.0 Å². The van der Waals surface area contributed by atoms with Crippen molar-refractivity contribution in [2.24, 2.45) is 5.92 Å². The molecule has 0 aliphatic carbocycles. The highest BCUT2D eigenvalue weighted by molar-refractivity contribution is 5.95. The molecule has 2 rings (SSSR count). The summed E-state index contributed by atoms with van der Waals surface area (Å²) in [6.07, 6.45) is 1.14. The molecule has 1 aliphatic rings. The monoisotopic (exact) mass is 275 g/mol. The first-order valence-corrected chi connectivity index (χ1v) is 6.89. The quantitative estimate of drug-likeness (QED) is 0.871. The van der Waals surface area contributed by atoms with Crippen molar-refractivity contribution in [1.29, 1.82) is 0 Å². The molecule has 1 saturated heterocycles. The van der Waals surface area contributed by atoms with Crippen LogP contribution in [0.3, 0.4) is 0 Å². The molecule has 0 saturated carbocycles. The zero-order valence-corrected chi connectivity index (χ0v) is 12.0. The van der Waals surface area contributed by atoms with E-state index in [9.17, 15) is 9.59 Å². The van der Waals surface area contributed by atoms with Gasteiger partial charge in [-0.05, 0) is 50.2 Å².